The fourth-order valence-electron chi connectivity index (χ4n) is 1.48. The average molecular weight is 327 g/mol. The molecule has 0 aliphatic rings. The maximum absolute atomic E-state index is 11.5. The van der Waals surface area contributed by atoms with Gasteiger partial charge >= 0.3 is 5.97 Å². The van der Waals surface area contributed by atoms with E-state index in [0.717, 1.165) is 0 Å². The van der Waals surface area contributed by atoms with Crippen LogP contribution in [0.2, 0.25) is 0 Å². The van der Waals surface area contributed by atoms with Crippen molar-refractivity contribution >= 4 is 12.0 Å². The van der Waals surface area contributed by atoms with Gasteiger partial charge in [0.1, 0.15) is 13.2 Å². The van der Waals surface area contributed by atoms with Crippen molar-refractivity contribution in [1.29, 1.82) is 0 Å². The molecule has 0 aliphatic heterocycles. The summed E-state index contributed by atoms with van der Waals surface area (Å²) in [6.45, 7) is -0.0283. The number of hydrogen-bond acceptors (Lipinski definition) is 8. The molecule has 0 spiro atoms. The van der Waals surface area contributed by atoms with E-state index in [1.54, 1.807) is 12.1 Å². The summed E-state index contributed by atoms with van der Waals surface area (Å²) >= 11 is 0. The van der Waals surface area contributed by atoms with Crippen LogP contribution in [0.25, 0.3) is 6.08 Å². The van der Waals surface area contributed by atoms with E-state index in [0.29, 0.717) is 11.3 Å². The Morgan fingerprint density at radius 1 is 1.30 bits per heavy atom. The number of ether oxygens (including phenoxy) is 3. The van der Waals surface area contributed by atoms with Crippen molar-refractivity contribution in [2.45, 2.75) is 0 Å². The molecule has 0 unspecified atom stereocenters. The van der Waals surface area contributed by atoms with Crippen LogP contribution in [0.3, 0.4) is 0 Å². The van der Waals surface area contributed by atoms with Crippen molar-refractivity contribution in [3.8, 4) is 11.5 Å². The molecule has 126 valence electrons. The third-order valence-electron chi connectivity index (χ3n) is 2.51. The van der Waals surface area contributed by atoms with Gasteiger partial charge in [0.15, 0.2) is 11.5 Å². The Balaban J connectivity index is 2.24. The summed E-state index contributed by atoms with van der Waals surface area (Å²) < 4.78 is 14.8. The Kier molecular flexibility index (Phi) is 7.94. The third kappa shape index (κ3) is 7.67. The molecule has 9 nitrogen and oxygen atoms in total. The number of carbonyl (C=O) groups excluding carboxylic acids is 1. The highest BCUT2D eigenvalue weighted by Gasteiger charge is 2.02. The topological polar surface area (TPSA) is 117 Å². The number of phenols is 1. The lowest BCUT2D eigenvalue weighted by Gasteiger charge is -2.04. The second kappa shape index (κ2) is 10.0. The van der Waals surface area contributed by atoms with Crippen LogP contribution in [0, 0.1) is 10.1 Å². The number of nitrogens with zero attached hydrogens (tertiary/aromatic N) is 1. The molecule has 1 aromatic carbocycles. The fraction of sp³-hybridized carbons (Fsp3) is 0.357. The molecule has 1 aromatic rings. The SMILES string of the molecule is COc1cc(/C=C/C(=O)OCCOCCO[N+](=O)[O-])ccc1O. The van der Waals surface area contributed by atoms with Gasteiger partial charge in [-0.2, -0.15) is 0 Å². The summed E-state index contributed by atoms with van der Waals surface area (Å²) in [6.07, 6.45) is 2.73. The molecule has 0 amide bonds. The molecule has 0 heterocycles. The van der Waals surface area contributed by atoms with Crippen molar-refractivity contribution in [3.63, 3.8) is 0 Å². The van der Waals surface area contributed by atoms with Crippen molar-refractivity contribution in [2.75, 3.05) is 33.5 Å². The minimum atomic E-state index is -0.910. The van der Waals surface area contributed by atoms with Gasteiger partial charge in [-0.1, -0.05) is 6.07 Å². The summed E-state index contributed by atoms with van der Waals surface area (Å²) in [5, 5.41) is 18.4. The maximum Gasteiger partial charge on any atom is 0.330 e. The molecule has 0 saturated heterocycles. The van der Waals surface area contributed by atoms with Crippen LogP contribution in [0.5, 0.6) is 11.5 Å². The van der Waals surface area contributed by atoms with Crippen LogP contribution in [0.15, 0.2) is 24.3 Å². The molecule has 1 rings (SSSR count). The predicted molar refractivity (Wildman–Crippen MR) is 78.4 cm³/mol. The molecule has 0 atom stereocenters. The second-order valence-corrected chi connectivity index (χ2v) is 4.10. The lowest BCUT2D eigenvalue weighted by molar-refractivity contribution is -0.758. The van der Waals surface area contributed by atoms with Gasteiger partial charge in [-0.25, -0.2) is 4.79 Å². The Labute approximate surface area is 132 Å². The van der Waals surface area contributed by atoms with Gasteiger partial charge in [-0.3, -0.25) is 0 Å². The molecule has 9 heteroatoms. The molecule has 0 saturated carbocycles. The smallest absolute Gasteiger partial charge is 0.330 e. The van der Waals surface area contributed by atoms with Gasteiger partial charge in [0.05, 0.1) is 20.3 Å². The molecule has 0 bridgehead atoms. The molecule has 0 fully saturated rings. The van der Waals surface area contributed by atoms with Crippen molar-refractivity contribution < 1.29 is 34.0 Å². The third-order valence-corrected chi connectivity index (χ3v) is 2.51. The van der Waals surface area contributed by atoms with E-state index in [1.165, 1.54) is 25.3 Å². The zero-order chi connectivity index (χ0) is 17.1. The fourth-order valence-corrected chi connectivity index (χ4v) is 1.48. The van der Waals surface area contributed by atoms with Crippen molar-refractivity contribution in [2.24, 2.45) is 0 Å². The first-order valence-corrected chi connectivity index (χ1v) is 6.60. The number of carbonyl (C=O) groups is 1. The maximum atomic E-state index is 11.5. The number of hydrogen-bond donors (Lipinski definition) is 1. The van der Waals surface area contributed by atoms with Crippen molar-refractivity contribution in [3.05, 3.63) is 40.0 Å². The van der Waals surface area contributed by atoms with Gasteiger partial charge in [-0.05, 0) is 23.8 Å². The normalized spacial score (nSPS) is 10.5. The van der Waals surface area contributed by atoms with Gasteiger partial charge < -0.3 is 24.2 Å². The van der Waals surface area contributed by atoms with Crippen LogP contribution in [0.1, 0.15) is 5.56 Å². The van der Waals surface area contributed by atoms with Gasteiger partial charge in [0.2, 0.25) is 0 Å². The molecular weight excluding hydrogens is 310 g/mol. The minimum absolute atomic E-state index is 0.00503. The van der Waals surface area contributed by atoms with Crippen LogP contribution < -0.4 is 4.74 Å². The van der Waals surface area contributed by atoms with Crippen molar-refractivity contribution in [1.82, 2.24) is 0 Å². The van der Waals surface area contributed by atoms with E-state index in [1.807, 2.05) is 0 Å². The minimum Gasteiger partial charge on any atom is -0.504 e. The van der Waals surface area contributed by atoms with Gasteiger partial charge in [0, 0.05) is 6.08 Å². The van der Waals surface area contributed by atoms with E-state index < -0.39 is 11.1 Å². The predicted octanol–water partition coefficient (Wildman–Crippen LogP) is 1.18. The summed E-state index contributed by atoms with van der Waals surface area (Å²) in [5.41, 5.74) is 0.657. The number of benzene rings is 1. The monoisotopic (exact) mass is 327 g/mol. The van der Waals surface area contributed by atoms with Crippen LogP contribution in [-0.4, -0.2) is 49.7 Å². The van der Waals surface area contributed by atoms with E-state index >= 15 is 0 Å². The number of phenolic OH excluding ortho intramolecular Hbond substituents is 1. The Morgan fingerprint density at radius 2 is 2.04 bits per heavy atom. The first-order valence-electron chi connectivity index (χ1n) is 6.60. The number of methoxy groups -OCH3 is 1. The highest BCUT2D eigenvalue weighted by molar-refractivity contribution is 5.87. The van der Waals surface area contributed by atoms with E-state index in [4.69, 9.17) is 14.2 Å². The summed E-state index contributed by atoms with van der Waals surface area (Å²) in [4.78, 5) is 25.3. The summed E-state index contributed by atoms with van der Waals surface area (Å²) in [7, 11) is 1.42. The number of esters is 1. The quantitative estimate of drug-likeness (QED) is 0.224. The average Bonchev–Trinajstić information content (AvgIpc) is 2.52. The zero-order valence-corrected chi connectivity index (χ0v) is 12.5. The molecule has 0 aliphatic carbocycles. The highest BCUT2D eigenvalue weighted by atomic mass is 17.0. The number of rotatable bonds is 10. The molecule has 0 radical (unpaired) electrons. The zero-order valence-electron chi connectivity index (χ0n) is 12.5. The first kappa shape index (κ1) is 18.2. The standard InChI is InChI=1S/C14H17NO8/c1-20-13-10-11(2-4-12(13)16)3-5-14(17)22-8-6-21-7-9-23-15(18)19/h2-5,10,16H,6-9H2,1H3/b5-3+. The lowest BCUT2D eigenvalue weighted by atomic mass is 10.2. The summed E-state index contributed by atoms with van der Waals surface area (Å²) in [6, 6.07) is 4.63. The Bertz CT molecular complexity index is 558. The lowest BCUT2D eigenvalue weighted by Crippen LogP contribution is -2.13. The second-order valence-electron chi connectivity index (χ2n) is 4.10. The molecule has 23 heavy (non-hydrogen) atoms. The largest absolute Gasteiger partial charge is 0.504 e. The highest BCUT2D eigenvalue weighted by Crippen LogP contribution is 2.26. The van der Waals surface area contributed by atoms with Gasteiger partial charge in [0.25, 0.3) is 5.09 Å². The Hall–Kier alpha value is -2.81. The van der Waals surface area contributed by atoms with E-state index in [9.17, 15) is 20.0 Å². The van der Waals surface area contributed by atoms with Crippen LogP contribution >= 0.6 is 0 Å². The van der Waals surface area contributed by atoms with Crippen LogP contribution in [0.4, 0.5) is 0 Å². The van der Waals surface area contributed by atoms with Crippen LogP contribution in [-0.2, 0) is 19.1 Å². The Morgan fingerprint density at radius 3 is 2.74 bits per heavy atom. The van der Waals surface area contributed by atoms with E-state index in [2.05, 4.69) is 4.84 Å². The molecule has 0 aromatic heterocycles. The van der Waals surface area contributed by atoms with E-state index in [-0.39, 0.29) is 32.2 Å². The molecule has 1 N–H and O–H groups in total. The first-order chi connectivity index (χ1) is 11.0. The van der Waals surface area contributed by atoms with Gasteiger partial charge in [-0.15, -0.1) is 10.1 Å². The molecular formula is C14H17NO8. The summed E-state index contributed by atoms with van der Waals surface area (Å²) in [5.74, 6) is -0.265. The number of aromatic hydroxyl groups is 1.